The summed E-state index contributed by atoms with van der Waals surface area (Å²) in [5.74, 6) is -0.0707. The van der Waals surface area contributed by atoms with Crippen LogP contribution in [0.25, 0.3) is 10.2 Å². The molecule has 1 amide bonds. The lowest BCUT2D eigenvalue weighted by molar-refractivity contribution is 0.0936. The van der Waals surface area contributed by atoms with Crippen LogP contribution in [0.2, 0.25) is 0 Å². The van der Waals surface area contributed by atoms with E-state index in [1.807, 2.05) is 25.1 Å². The van der Waals surface area contributed by atoms with Gasteiger partial charge in [-0.15, -0.1) is 5.10 Å². The number of carbonyl (C=O) groups is 1. The number of hydrogen-bond acceptors (Lipinski definition) is 7. The smallest absolute Gasteiger partial charge is 0.265 e. The van der Waals surface area contributed by atoms with Gasteiger partial charge in [-0.1, -0.05) is 28.0 Å². The number of para-hydroxylation sites is 1. The van der Waals surface area contributed by atoms with Crippen molar-refractivity contribution in [1.29, 1.82) is 0 Å². The lowest BCUT2D eigenvalue weighted by Gasteiger charge is -2.32. The van der Waals surface area contributed by atoms with Gasteiger partial charge < -0.3 is 10.2 Å². The minimum Gasteiger partial charge on any atom is -0.347 e. The second-order valence-corrected chi connectivity index (χ2v) is 7.67. The molecule has 1 N–H and O–H groups in total. The summed E-state index contributed by atoms with van der Waals surface area (Å²) >= 11 is 2.86. The first-order chi connectivity index (χ1) is 11.7. The van der Waals surface area contributed by atoms with Crippen LogP contribution >= 0.6 is 22.9 Å². The number of fused-ring (bicyclic) bond motifs is 1. The zero-order valence-electron chi connectivity index (χ0n) is 13.2. The summed E-state index contributed by atoms with van der Waals surface area (Å²) in [5, 5.41) is 8.06. The van der Waals surface area contributed by atoms with Gasteiger partial charge in [0.2, 0.25) is 0 Å². The van der Waals surface area contributed by atoms with Crippen LogP contribution in [0.1, 0.15) is 28.2 Å². The van der Waals surface area contributed by atoms with Crippen LogP contribution in [-0.2, 0) is 0 Å². The van der Waals surface area contributed by atoms with E-state index in [4.69, 9.17) is 4.98 Å². The molecule has 0 radical (unpaired) electrons. The minimum atomic E-state index is -0.0707. The van der Waals surface area contributed by atoms with Gasteiger partial charge in [-0.05, 0) is 43.4 Å². The highest BCUT2D eigenvalue weighted by atomic mass is 32.1. The van der Waals surface area contributed by atoms with E-state index in [2.05, 4.69) is 25.9 Å². The van der Waals surface area contributed by atoms with E-state index in [0.717, 1.165) is 48.1 Å². The molecule has 1 aromatic carbocycles. The number of carbonyl (C=O) groups excluding carboxylic acids is 1. The number of rotatable bonds is 3. The fourth-order valence-corrected chi connectivity index (χ4v) is 4.51. The molecule has 0 saturated carbocycles. The maximum atomic E-state index is 12.4. The maximum absolute atomic E-state index is 12.4. The van der Waals surface area contributed by atoms with Crippen LogP contribution in [0.15, 0.2) is 24.3 Å². The average Bonchev–Trinajstić information content (AvgIpc) is 3.21. The van der Waals surface area contributed by atoms with Crippen molar-refractivity contribution in [1.82, 2.24) is 19.9 Å². The molecule has 2 aromatic heterocycles. The number of nitrogens with one attached hydrogen (secondary N) is 1. The van der Waals surface area contributed by atoms with Crippen molar-refractivity contribution in [2.24, 2.45) is 0 Å². The lowest BCUT2D eigenvalue weighted by atomic mass is 10.1. The summed E-state index contributed by atoms with van der Waals surface area (Å²) in [6, 6.07) is 8.31. The second-order valence-electron chi connectivity index (χ2n) is 5.91. The van der Waals surface area contributed by atoms with Crippen molar-refractivity contribution in [3.8, 4) is 0 Å². The Morgan fingerprint density at radius 1 is 1.38 bits per heavy atom. The third-order valence-electron chi connectivity index (χ3n) is 4.17. The van der Waals surface area contributed by atoms with Crippen molar-refractivity contribution in [3.63, 3.8) is 0 Å². The molecule has 24 heavy (non-hydrogen) atoms. The molecular formula is C16H17N5OS2. The molecule has 3 heterocycles. The fraction of sp³-hybridized carbons (Fsp3) is 0.375. The van der Waals surface area contributed by atoms with Crippen LogP contribution < -0.4 is 10.2 Å². The zero-order chi connectivity index (χ0) is 16.5. The third-order valence-corrected chi connectivity index (χ3v) is 6.09. The Labute approximate surface area is 147 Å². The molecule has 124 valence electrons. The number of aromatic nitrogens is 3. The van der Waals surface area contributed by atoms with Crippen LogP contribution in [0, 0.1) is 6.92 Å². The number of aryl methyl sites for hydroxylation is 1. The van der Waals surface area contributed by atoms with Crippen LogP contribution in [0.3, 0.4) is 0 Å². The summed E-state index contributed by atoms with van der Waals surface area (Å²) in [6.45, 7) is 3.58. The quantitative estimate of drug-likeness (QED) is 0.779. The molecule has 1 saturated heterocycles. The van der Waals surface area contributed by atoms with E-state index in [9.17, 15) is 4.79 Å². The molecule has 1 aliphatic heterocycles. The molecule has 0 aliphatic carbocycles. The molecular weight excluding hydrogens is 342 g/mol. The SMILES string of the molecule is Cc1nnsc1C(=O)N[C@@H]1CCCN(c2nc3ccccc3s2)C1. The predicted octanol–water partition coefficient (Wildman–Crippen LogP) is 2.86. The highest BCUT2D eigenvalue weighted by Crippen LogP contribution is 2.30. The number of amides is 1. The Balaban J connectivity index is 1.47. The maximum Gasteiger partial charge on any atom is 0.265 e. The second kappa shape index (κ2) is 6.45. The third kappa shape index (κ3) is 2.99. The topological polar surface area (TPSA) is 71.0 Å². The molecule has 0 spiro atoms. The molecule has 6 nitrogen and oxygen atoms in total. The van der Waals surface area contributed by atoms with Crippen molar-refractivity contribution in [2.75, 3.05) is 18.0 Å². The first kappa shape index (κ1) is 15.5. The molecule has 0 bridgehead atoms. The Morgan fingerprint density at radius 2 is 2.25 bits per heavy atom. The Morgan fingerprint density at radius 3 is 3.04 bits per heavy atom. The van der Waals surface area contributed by atoms with Crippen LogP contribution in [0.5, 0.6) is 0 Å². The number of nitrogens with zero attached hydrogens (tertiary/aromatic N) is 4. The number of anilines is 1. The normalized spacial score (nSPS) is 18.0. The van der Waals surface area contributed by atoms with Gasteiger partial charge in [-0.25, -0.2) is 4.98 Å². The van der Waals surface area contributed by atoms with Crippen molar-refractivity contribution in [2.45, 2.75) is 25.8 Å². The largest absolute Gasteiger partial charge is 0.347 e. The van der Waals surface area contributed by atoms with Gasteiger partial charge in [0.1, 0.15) is 4.88 Å². The molecule has 3 aromatic rings. The van der Waals surface area contributed by atoms with E-state index in [-0.39, 0.29) is 11.9 Å². The van der Waals surface area contributed by atoms with Gasteiger partial charge in [0.05, 0.1) is 15.9 Å². The number of hydrogen-bond donors (Lipinski definition) is 1. The molecule has 1 atom stereocenters. The number of thiazole rings is 1. The van der Waals surface area contributed by atoms with Gasteiger partial charge in [-0.3, -0.25) is 4.79 Å². The molecule has 0 unspecified atom stereocenters. The van der Waals surface area contributed by atoms with E-state index < -0.39 is 0 Å². The zero-order valence-corrected chi connectivity index (χ0v) is 14.9. The minimum absolute atomic E-state index is 0.0707. The van der Waals surface area contributed by atoms with Crippen LogP contribution in [0.4, 0.5) is 5.13 Å². The van der Waals surface area contributed by atoms with Gasteiger partial charge in [0.15, 0.2) is 5.13 Å². The average molecular weight is 359 g/mol. The fourth-order valence-electron chi connectivity index (χ4n) is 2.95. The van der Waals surface area contributed by atoms with E-state index in [0.29, 0.717) is 10.6 Å². The Kier molecular flexibility index (Phi) is 4.15. The van der Waals surface area contributed by atoms with Gasteiger partial charge in [0, 0.05) is 19.1 Å². The highest BCUT2D eigenvalue weighted by Gasteiger charge is 2.25. The predicted molar refractivity (Wildman–Crippen MR) is 97.0 cm³/mol. The molecule has 8 heteroatoms. The molecule has 4 rings (SSSR count). The first-order valence-electron chi connectivity index (χ1n) is 7.91. The lowest BCUT2D eigenvalue weighted by Crippen LogP contribution is -2.47. The molecule has 1 fully saturated rings. The first-order valence-corrected chi connectivity index (χ1v) is 9.50. The van der Waals surface area contributed by atoms with Gasteiger partial charge >= 0.3 is 0 Å². The summed E-state index contributed by atoms with van der Waals surface area (Å²) < 4.78 is 5.03. The summed E-state index contributed by atoms with van der Waals surface area (Å²) in [6.07, 6.45) is 2.03. The van der Waals surface area contributed by atoms with E-state index in [1.54, 1.807) is 11.3 Å². The Hall–Kier alpha value is -2.06. The van der Waals surface area contributed by atoms with E-state index in [1.165, 1.54) is 4.70 Å². The van der Waals surface area contributed by atoms with E-state index >= 15 is 0 Å². The molecule has 1 aliphatic rings. The van der Waals surface area contributed by atoms with Crippen LogP contribution in [-0.4, -0.2) is 39.6 Å². The van der Waals surface area contributed by atoms with Crippen molar-refractivity contribution < 1.29 is 4.79 Å². The number of piperidine rings is 1. The van der Waals surface area contributed by atoms with Gasteiger partial charge in [0.25, 0.3) is 5.91 Å². The number of benzene rings is 1. The van der Waals surface area contributed by atoms with Gasteiger partial charge in [-0.2, -0.15) is 0 Å². The van der Waals surface area contributed by atoms with Crippen molar-refractivity contribution in [3.05, 3.63) is 34.8 Å². The highest BCUT2D eigenvalue weighted by molar-refractivity contribution is 7.22. The monoisotopic (exact) mass is 359 g/mol. The summed E-state index contributed by atoms with van der Waals surface area (Å²) in [5.41, 5.74) is 1.73. The summed E-state index contributed by atoms with van der Waals surface area (Å²) in [4.78, 5) is 20.0. The summed E-state index contributed by atoms with van der Waals surface area (Å²) in [7, 11) is 0. The standard InChI is InChI=1S/C16H17N5OS2/c1-10-14(24-20-19-10)15(22)17-11-5-4-8-21(9-11)16-18-12-6-2-3-7-13(12)23-16/h2-3,6-7,11H,4-5,8-9H2,1H3,(H,17,22)/t11-/m1/s1. The Bertz CT molecular complexity index is 841. The van der Waals surface area contributed by atoms with Crippen molar-refractivity contribution >= 4 is 44.1 Å².